The molecular formula is C20H19NO4. The quantitative estimate of drug-likeness (QED) is 0.677. The average Bonchev–Trinajstić information content (AvgIpc) is 2.66. The van der Waals surface area contributed by atoms with Gasteiger partial charge in [0.1, 0.15) is 12.4 Å². The van der Waals surface area contributed by atoms with Crippen LogP contribution in [0.25, 0.3) is 10.8 Å². The molecule has 25 heavy (non-hydrogen) atoms. The number of phenols is 1. The number of nitrogens with one attached hydrogen (secondary N) is 1. The van der Waals surface area contributed by atoms with Gasteiger partial charge in [-0.3, -0.25) is 4.79 Å². The zero-order valence-electron chi connectivity index (χ0n) is 13.9. The molecule has 0 fully saturated rings. The topological polar surface area (TPSA) is 67.8 Å². The lowest BCUT2D eigenvalue weighted by Crippen LogP contribution is -2.28. The molecule has 0 bridgehead atoms. The molecule has 0 aliphatic heterocycles. The van der Waals surface area contributed by atoms with Crippen LogP contribution in [0.4, 0.5) is 0 Å². The number of aromatic hydroxyl groups is 1. The van der Waals surface area contributed by atoms with Gasteiger partial charge in [-0.25, -0.2) is 0 Å². The number of benzene rings is 3. The predicted molar refractivity (Wildman–Crippen MR) is 96.4 cm³/mol. The van der Waals surface area contributed by atoms with E-state index in [4.69, 9.17) is 9.47 Å². The molecule has 3 aromatic rings. The van der Waals surface area contributed by atoms with Gasteiger partial charge in [0, 0.05) is 5.39 Å². The first-order valence-corrected chi connectivity index (χ1v) is 7.95. The van der Waals surface area contributed by atoms with Gasteiger partial charge in [-0.15, -0.1) is 0 Å². The molecule has 0 aliphatic rings. The summed E-state index contributed by atoms with van der Waals surface area (Å²) in [6, 6.07) is 18.1. The molecule has 1 amide bonds. The third-order valence-corrected chi connectivity index (χ3v) is 3.86. The molecule has 3 aromatic carbocycles. The number of para-hydroxylation sites is 2. The summed E-state index contributed by atoms with van der Waals surface area (Å²) in [7, 11) is 1.58. The van der Waals surface area contributed by atoms with E-state index in [1.54, 1.807) is 31.4 Å². The maximum Gasteiger partial charge on any atom is 0.255 e. The van der Waals surface area contributed by atoms with Crippen LogP contribution in [0.5, 0.6) is 17.2 Å². The second-order valence-electron chi connectivity index (χ2n) is 5.44. The summed E-state index contributed by atoms with van der Waals surface area (Å²) in [5.41, 5.74) is 0.246. The first-order chi connectivity index (χ1) is 12.2. The number of rotatable bonds is 6. The maximum atomic E-state index is 12.3. The van der Waals surface area contributed by atoms with Crippen LogP contribution in [-0.4, -0.2) is 31.3 Å². The van der Waals surface area contributed by atoms with E-state index in [0.29, 0.717) is 30.0 Å². The number of hydrogen-bond donors (Lipinski definition) is 2. The lowest BCUT2D eigenvalue weighted by Gasteiger charge is -2.11. The molecule has 0 heterocycles. The normalized spacial score (nSPS) is 10.4. The first kappa shape index (κ1) is 16.6. The van der Waals surface area contributed by atoms with Crippen LogP contribution in [0.2, 0.25) is 0 Å². The molecule has 0 radical (unpaired) electrons. The van der Waals surface area contributed by atoms with E-state index in [9.17, 15) is 9.90 Å². The fourth-order valence-corrected chi connectivity index (χ4v) is 2.60. The van der Waals surface area contributed by atoms with E-state index in [1.807, 2.05) is 36.4 Å². The van der Waals surface area contributed by atoms with Gasteiger partial charge >= 0.3 is 0 Å². The van der Waals surface area contributed by atoms with Crippen molar-refractivity contribution in [1.82, 2.24) is 5.32 Å². The molecule has 0 atom stereocenters. The van der Waals surface area contributed by atoms with E-state index in [0.717, 1.165) is 5.39 Å². The Morgan fingerprint density at radius 2 is 1.72 bits per heavy atom. The van der Waals surface area contributed by atoms with Crippen molar-refractivity contribution in [3.8, 4) is 17.2 Å². The molecule has 0 spiro atoms. The molecule has 0 unspecified atom stereocenters. The number of amides is 1. The number of carbonyl (C=O) groups is 1. The Labute approximate surface area is 145 Å². The van der Waals surface area contributed by atoms with Crippen molar-refractivity contribution in [2.24, 2.45) is 0 Å². The summed E-state index contributed by atoms with van der Waals surface area (Å²) >= 11 is 0. The number of hydrogen-bond acceptors (Lipinski definition) is 4. The Bertz CT molecular complexity index is 892. The molecule has 0 aromatic heterocycles. The van der Waals surface area contributed by atoms with Crippen molar-refractivity contribution in [1.29, 1.82) is 0 Å². The van der Waals surface area contributed by atoms with E-state index in [1.165, 1.54) is 0 Å². The summed E-state index contributed by atoms with van der Waals surface area (Å²) in [4.78, 5) is 12.3. The highest BCUT2D eigenvalue weighted by Gasteiger charge is 2.13. The van der Waals surface area contributed by atoms with E-state index >= 15 is 0 Å². The highest BCUT2D eigenvalue weighted by Crippen LogP contribution is 2.28. The number of phenolic OH excluding ortho intramolecular Hbond substituents is 1. The number of methoxy groups -OCH3 is 1. The van der Waals surface area contributed by atoms with E-state index < -0.39 is 0 Å². The standard InChI is InChI=1S/C20H19NO4/c1-24-17-8-4-5-9-18(17)25-13-12-21-20(23)16-11-10-14-6-2-3-7-15(14)19(16)22/h2-11,22H,12-13H2,1H3,(H,21,23). The lowest BCUT2D eigenvalue weighted by atomic mass is 10.0. The third kappa shape index (κ3) is 3.66. The van der Waals surface area contributed by atoms with Crippen LogP contribution in [0.3, 0.4) is 0 Å². The van der Waals surface area contributed by atoms with Gasteiger partial charge in [-0.2, -0.15) is 0 Å². The molecule has 128 valence electrons. The smallest absolute Gasteiger partial charge is 0.255 e. The average molecular weight is 337 g/mol. The van der Waals surface area contributed by atoms with E-state index in [-0.39, 0.29) is 17.2 Å². The Balaban J connectivity index is 1.61. The van der Waals surface area contributed by atoms with Gasteiger partial charge in [0.05, 0.1) is 19.2 Å². The molecule has 5 nitrogen and oxygen atoms in total. The second-order valence-corrected chi connectivity index (χ2v) is 5.44. The van der Waals surface area contributed by atoms with Crippen molar-refractivity contribution < 1.29 is 19.4 Å². The van der Waals surface area contributed by atoms with Gasteiger partial charge in [-0.1, -0.05) is 42.5 Å². The van der Waals surface area contributed by atoms with Gasteiger partial charge in [0.25, 0.3) is 5.91 Å². The first-order valence-electron chi connectivity index (χ1n) is 7.95. The zero-order chi connectivity index (χ0) is 17.6. The van der Waals surface area contributed by atoms with Gasteiger partial charge < -0.3 is 19.9 Å². The van der Waals surface area contributed by atoms with Crippen LogP contribution in [0.15, 0.2) is 60.7 Å². The molecule has 0 saturated carbocycles. The fourth-order valence-electron chi connectivity index (χ4n) is 2.60. The second kappa shape index (κ2) is 7.57. The van der Waals surface area contributed by atoms with Crippen LogP contribution >= 0.6 is 0 Å². The van der Waals surface area contributed by atoms with Crippen molar-refractivity contribution >= 4 is 16.7 Å². The molecule has 3 rings (SSSR count). The van der Waals surface area contributed by atoms with Crippen LogP contribution in [-0.2, 0) is 0 Å². The Morgan fingerprint density at radius 3 is 2.52 bits per heavy atom. The molecule has 2 N–H and O–H groups in total. The monoisotopic (exact) mass is 337 g/mol. The van der Waals surface area contributed by atoms with Crippen molar-refractivity contribution in [2.75, 3.05) is 20.3 Å². The van der Waals surface area contributed by atoms with Gasteiger partial charge in [0.2, 0.25) is 0 Å². The molecule has 5 heteroatoms. The summed E-state index contributed by atoms with van der Waals surface area (Å²) in [6.45, 7) is 0.601. The minimum atomic E-state index is -0.341. The summed E-state index contributed by atoms with van der Waals surface area (Å²) in [5.74, 6) is 0.905. The fraction of sp³-hybridized carbons (Fsp3) is 0.150. The Morgan fingerprint density at radius 1 is 1.00 bits per heavy atom. The minimum Gasteiger partial charge on any atom is -0.506 e. The summed E-state index contributed by atoms with van der Waals surface area (Å²) in [5, 5.41) is 14.6. The molecular weight excluding hydrogens is 318 g/mol. The van der Waals surface area contributed by atoms with Gasteiger partial charge in [0.15, 0.2) is 11.5 Å². The predicted octanol–water partition coefficient (Wildman–Crippen LogP) is 3.36. The third-order valence-electron chi connectivity index (χ3n) is 3.86. The number of ether oxygens (including phenoxy) is 2. The Kier molecular flexibility index (Phi) is 5.04. The van der Waals surface area contributed by atoms with Crippen LogP contribution in [0, 0.1) is 0 Å². The minimum absolute atomic E-state index is 0.0127. The van der Waals surface area contributed by atoms with E-state index in [2.05, 4.69) is 5.32 Å². The van der Waals surface area contributed by atoms with Crippen molar-refractivity contribution in [3.63, 3.8) is 0 Å². The van der Waals surface area contributed by atoms with Crippen LogP contribution < -0.4 is 14.8 Å². The molecule has 0 aliphatic carbocycles. The largest absolute Gasteiger partial charge is 0.506 e. The highest BCUT2D eigenvalue weighted by atomic mass is 16.5. The van der Waals surface area contributed by atoms with Crippen LogP contribution in [0.1, 0.15) is 10.4 Å². The Hall–Kier alpha value is -3.21. The van der Waals surface area contributed by atoms with Crippen molar-refractivity contribution in [2.45, 2.75) is 0 Å². The molecule has 0 saturated heterocycles. The van der Waals surface area contributed by atoms with Crippen molar-refractivity contribution in [3.05, 3.63) is 66.2 Å². The lowest BCUT2D eigenvalue weighted by molar-refractivity contribution is 0.0944. The highest BCUT2D eigenvalue weighted by molar-refractivity contribution is 6.03. The summed E-state index contributed by atoms with van der Waals surface area (Å²) < 4.78 is 10.8. The number of fused-ring (bicyclic) bond motifs is 1. The maximum absolute atomic E-state index is 12.3. The summed E-state index contributed by atoms with van der Waals surface area (Å²) in [6.07, 6.45) is 0. The SMILES string of the molecule is COc1ccccc1OCCNC(=O)c1ccc2ccccc2c1O. The van der Waals surface area contributed by atoms with Gasteiger partial charge in [-0.05, 0) is 23.6 Å². The number of carbonyl (C=O) groups excluding carboxylic acids is 1. The zero-order valence-corrected chi connectivity index (χ0v) is 13.9.